The third-order valence-electron chi connectivity index (χ3n) is 0.766. The first-order chi connectivity index (χ1) is 4.74. The van der Waals surface area contributed by atoms with Gasteiger partial charge in [-0.25, -0.2) is 0 Å². The van der Waals surface area contributed by atoms with Crippen molar-refractivity contribution in [3.8, 4) is 0 Å². The van der Waals surface area contributed by atoms with Crippen LogP contribution in [-0.4, -0.2) is 16.2 Å². The molecular weight excluding hydrogens is 156 g/mol. The molecule has 0 aromatic carbocycles. The fourth-order valence-electron chi connectivity index (χ4n) is 0.396. The second-order valence-electron chi connectivity index (χ2n) is 1.37. The van der Waals surface area contributed by atoms with Crippen LogP contribution in [0.2, 0.25) is 0 Å². The summed E-state index contributed by atoms with van der Waals surface area (Å²) in [5, 5.41) is 11.2. The molecule has 1 radical (unpaired) electrons. The molecule has 0 aliphatic heterocycles. The van der Waals surface area contributed by atoms with Crippen LogP contribution in [0.5, 0.6) is 0 Å². The minimum absolute atomic E-state index is 0.00620. The Balaban J connectivity index is 2.98. The number of thiazole rings is 1. The number of rotatable bonds is 2. The standard InChI is InChI=1S/C4HN2O3S/c7-1-4-5-3(2-10-4)6(8)9/h2H. The third kappa shape index (κ3) is 1.16. The molecule has 5 nitrogen and oxygen atoms in total. The maximum absolute atomic E-state index is 9.95. The van der Waals surface area contributed by atoms with Crippen molar-refractivity contribution in [1.82, 2.24) is 4.98 Å². The van der Waals surface area contributed by atoms with Crippen LogP contribution >= 0.6 is 11.3 Å². The minimum atomic E-state index is -0.655. The average molecular weight is 157 g/mol. The highest BCUT2D eigenvalue weighted by atomic mass is 32.1. The molecule has 0 unspecified atom stereocenters. The smallest absolute Gasteiger partial charge is 0.358 e. The molecule has 0 fully saturated rings. The Kier molecular flexibility index (Phi) is 1.72. The lowest BCUT2D eigenvalue weighted by Crippen LogP contribution is -1.87. The van der Waals surface area contributed by atoms with Crippen LogP contribution in [0.15, 0.2) is 5.38 Å². The van der Waals surface area contributed by atoms with Gasteiger partial charge in [-0.2, -0.15) is 0 Å². The van der Waals surface area contributed by atoms with Crippen molar-refractivity contribution in [3.05, 3.63) is 20.5 Å². The number of nitro groups is 1. The molecule has 1 aromatic heterocycles. The van der Waals surface area contributed by atoms with Gasteiger partial charge in [0.05, 0.1) is 5.38 Å². The molecule has 0 bridgehead atoms. The zero-order valence-corrected chi connectivity index (χ0v) is 5.42. The van der Waals surface area contributed by atoms with Gasteiger partial charge in [-0.05, 0) is 9.91 Å². The first kappa shape index (κ1) is 6.81. The lowest BCUT2D eigenvalue weighted by Gasteiger charge is -1.81. The fourth-order valence-corrected chi connectivity index (χ4v) is 0.946. The predicted molar refractivity (Wildman–Crippen MR) is 33.6 cm³/mol. The molecule has 6 heteroatoms. The first-order valence-corrected chi connectivity index (χ1v) is 3.10. The zero-order chi connectivity index (χ0) is 7.56. The highest BCUT2D eigenvalue weighted by molar-refractivity contribution is 7.11. The second-order valence-corrected chi connectivity index (χ2v) is 2.23. The van der Waals surface area contributed by atoms with E-state index in [1.165, 1.54) is 11.7 Å². The Morgan fingerprint density at radius 2 is 2.50 bits per heavy atom. The monoisotopic (exact) mass is 157 g/mol. The van der Waals surface area contributed by atoms with Gasteiger partial charge in [-0.3, -0.25) is 4.79 Å². The van der Waals surface area contributed by atoms with Crippen molar-refractivity contribution in [3.63, 3.8) is 0 Å². The molecule has 1 heterocycles. The van der Waals surface area contributed by atoms with Crippen LogP contribution in [0.1, 0.15) is 5.01 Å². The van der Waals surface area contributed by atoms with E-state index < -0.39 is 4.92 Å². The number of carbonyl (C=O) groups excluding carboxylic acids is 1. The third-order valence-corrected chi connectivity index (χ3v) is 1.49. The number of aromatic nitrogens is 1. The first-order valence-electron chi connectivity index (χ1n) is 2.22. The minimum Gasteiger partial charge on any atom is -0.358 e. The number of hydrogen-bond acceptors (Lipinski definition) is 5. The van der Waals surface area contributed by atoms with E-state index in [0.717, 1.165) is 11.3 Å². The molecule has 1 aromatic rings. The van der Waals surface area contributed by atoms with Crippen molar-refractivity contribution < 1.29 is 9.72 Å². The maximum Gasteiger partial charge on any atom is 0.375 e. The van der Waals surface area contributed by atoms with Crippen molar-refractivity contribution in [2.75, 3.05) is 0 Å². The molecule has 0 saturated carbocycles. The maximum atomic E-state index is 9.95. The molecular formula is C4HN2O3S. The predicted octanol–water partition coefficient (Wildman–Crippen LogP) is 0.509. The van der Waals surface area contributed by atoms with E-state index in [2.05, 4.69) is 4.98 Å². The molecule has 1 rings (SSSR count). The van der Waals surface area contributed by atoms with Crippen LogP contribution in [-0.2, 0) is 4.79 Å². The van der Waals surface area contributed by atoms with Crippen LogP contribution in [0, 0.1) is 10.1 Å². The van der Waals surface area contributed by atoms with Crippen molar-refractivity contribution in [1.29, 1.82) is 0 Å². The molecule has 10 heavy (non-hydrogen) atoms. The van der Waals surface area contributed by atoms with Gasteiger partial charge in [-0.1, -0.05) is 11.3 Å². The van der Waals surface area contributed by atoms with E-state index >= 15 is 0 Å². The van der Waals surface area contributed by atoms with Gasteiger partial charge < -0.3 is 10.1 Å². The van der Waals surface area contributed by atoms with Crippen molar-refractivity contribution in [2.24, 2.45) is 0 Å². The van der Waals surface area contributed by atoms with Crippen LogP contribution in [0.4, 0.5) is 5.82 Å². The fraction of sp³-hybridized carbons (Fsp3) is 0. The Bertz CT molecular complexity index is 269. The Hall–Kier alpha value is -1.30. The Morgan fingerprint density at radius 3 is 2.80 bits per heavy atom. The van der Waals surface area contributed by atoms with E-state index in [1.807, 2.05) is 0 Å². The van der Waals surface area contributed by atoms with E-state index in [0.29, 0.717) is 0 Å². The largest absolute Gasteiger partial charge is 0.375 e. The lowest BCUT2D eigenvalue weighted by atomic mass is 10.7. The quantitative estimate of drug-likeness (QED) is 0.463. The number of hydrogen-bond donors (Lipinski definition) is 0. The molecule has 0 aliphatic rings. The van der Waals surface area contributed by atoms with Crippen LogP contribution in [0.25, 0.3) is 0 Å². The SMILES string of the molecule is O=[C]c1nc([N+](=O)[O-])cs1. The normalized spacial score (nSPS) is 9.20. The van der Waals surface area contributed by atoms with E-state index in [1.54, 1.807) is 0 Å². The molecule has 0 saturated heterocycles. The molecule has 0 aliphatic carbocycles. The summed E-state index contributed by atoms with van der Waals surface area (Å²) in [6, 6.07) is 0. The highest BCUT2D eigenvalue weighted by Crippen LogP contribution is 2.13. The summed E-state index contributed by atoms with van der Waals surface area (Å²) in [6.45, 7) is 0. The van der Waals surface area contributed by atoms with Gasteiger partial charge in [0, 0.05) is 0 Å². The summed E-state index contributed by atoms with van der Waals surface area (Å²) in [7, 11) is 0. The van der Waals surface area contributed by atoms with Crippen LogP contribution < -0.4 is 0 Å². The zero-order valence-electron chi connectivity index (χ0n) is 4.60. The Labute approximate surface area is 59.5 Å². The van der Waals surface area contributed by atoms with Gasteiger partial charge in [0.2, 0.25) is 0 Å². The van der Waals surface area contributed by atoms with E-state index in [4.69, 9.17) is 0 Å². The molecule has 51 valence electrons. The van der Waals surface area contributed by atoms with Crippen molar-refractivity contribution >= 4 is 23.4 Å². The summed E-state index contributed by atoms with van der Waals surface area (Å²) in [6.07, 6.45) is 1.46. The second kappa shape index (κ2) is 2.53. The van der Waals surface area contributed by atoms with Gasteiger partial charge in [0.25, 0.3) is 11.3 Å². The summed E-state index contributed by atoms with van der Waals surface area (Å²) in [4.78, 5) is 22.5. The molecule has 0 N–H and O–H groups in total. The van der Waals surface area contributed by atoms with E-state index in [-0.39, 0.29) is 10.8 Å². The van der Waals surface area contributed by atoms with Crippen LogP contribution in [0.3, 0.4) is 0 Å². The van der Waals surface area contributed by atoms with Gasteiger partial charge in [0.1, 0.15) is 0 Å². The molecule has 0 atom stereocenters. The Morgan fingerprint density at radius 1 is 1.80 bits per heavy atom. The highest BCUT2D eigenvalue weighted by Gasteiger charge is 2.12. The summed E-state index contributed by atoms with van der Waals surface area (Å²) in [5.41, 5.74) is 0. The topological polar surface area (TPSA) is 73.1 Å². The molecule has 0 amide bonds. The van der Waals surface area contributed by atoms with Gasteiger partial charge in [0.15, 0.2) is 0 Å². The number of nitrogens with zero attached hydrogens (tertiary/aromatic N) is 2. The lowest BCUT2D eigenvalue weighted by molar-refractivity contribution is -0.389. The van der Waals surface area contributed by atoms with Gasteiger partial charge in [-0.15, -0.1) is 0 Å². The summed E-state index contributed by atoms with van der Waals surface area (Å²) in [5.74, 6) is -0.302. The summed E-state index contributed by atoms with van der Waals surface area (Å²) < 4.78 is 0. The van der Waals surface area contributed by atoms with E-state index in [9.17, 15) is 14.9 Å². The average Bonchev–Trinajstić information content (AvgIpc) is 2.34. The summed E-state index contributed by atoms with van der Waals surface area (Å²) >= 11 is 0.901. The van der Waals surface area contributed by atoms with Gasteiger partial charge >= 0.3 is 5.82 Å². The van der Waals surface area contributed by atoms with Crippen molar-refractivity contribution in [2.45, 2.75) is 0 Å². The molecule has 0 spiro atoms.